The fourth-order valence-electron chi connectivity index (χ4n) is 5.09. The number of pyridine rings is 1. The number of hydrogen-bond donors (Lipinski definition) is 2. The van der Waals surface area contributed by atoms with E-state index in [1.54, 1.807) is 25.6 Å². The highest BCUT2D eigenvalue weighted by Gasteiger charge is 2.29. The first-order valence-corrected chi connectivity index (χ1v) is 11.8. The fourth-order valence-corrected chi connectivity index (χ4v) is 5.09. The maximum absolute atomic E-state index is 13.8. The Balaban J connectivity index is 1.32. The number of nitrogens with zero attached hydrogens (tertiary/aromatic N) is 4. The van der Waals surface area contributed by atoms with Crippen LogP contribution in [0, 0.1) is 5.95 Å². The summed E-state index contributed by atoms with van der Waals surface area (Å²) in [7, 11) is 1.69. The van der Waals surface area contributed by atoms with Crippen molar-refractivity contribution in [1.29, 1.82) is 0 Å². The minimum Gasteiger partial charge on any atom is -0.384 e. The van der Waals surface area contributed by atoms with Crippen molar-refractivity contribution in [3.63, 3.8) is 0 Å². The molecule has 0 radical (unpaired) electrons. The molecule has 174 valence electrons. The fraction of sp³-hybridized carbons (Fsp3) is 0.480. The number of rotatable bonds is 5. The molecule has 8 heteroatoms. The molecule has 7 nitrogen and oxygen atoms in total. The van der Waals surface area contributed by atoms with Crippen LogP contribution in [0.5, 0.6) is 0 Å². The van der Waals surface area contributed by atoms with Gasteiger partial charge in [-0.15, -0.1) is 0 Å². The molecule has 2 aliphatic rings. The summed E-state index contributed by atoms with van der Waals surface area (Å²) in [6, 6.07) is 8.85. The van der Waals surface area contributed by atoms with Crippen LogP contribution in [0.1, 0.15) is 32.6 Å². The monoisotopic (exact) mass is 450 g/mol. The van der Waals surface area contributed by atoms with Crippen molar-refractivity contribution in [2.75, 3.05) is 37.4 Å². The number of nitrogens with one attached hydrogen (secondary N) is 2. The molecule has 0 bridgehead atoms. The summed E-state index contributed by atoms with van der Waals surface area (Å²) in [5.74, 6) is 0.351. The first-order valence-electron chi connectivity index (χ1n) is 11.8. The van der Waals surface area contributed by atoms with Gasteiger partial charge in [0.25, 0.3) is 0 Å². The third-order valence-electron chi connectivity index (χ3n) is 6.90. The number of ether oxygens (including phenoxy) is 1. The number of anilines is 2. The van der Waals surface area contributed by atoms with Gasteiger partial charge in [-0.3, -0.25) is 4.90 Å². The zero-order chi connectivity index (χ0) is 22.8. The number of fused-ring (bicyclic) bond motifs is 1. The maximum atomic E-state index is 13.8. The van der Waals surface area contributed by atoms with Crippen LogP contribution in [-0.2, 0) is 4.74 Å². The van der Waals surface area contributed by atoms with Gasteiger partial charge in [-0.25, -0.2) is 15.0 Å². The molecule has 1 saturated carbocycles. The third kappa shape index (κ3) is 4.77. The molecule has 33 heavy (non-hydrogen) atoms. The maximum Gasteiger partial charge on any atom is 0.236 e. The van der Waals surface area contributed by atoms with Crippen molar-refractivity contribution in [2.45, 2.75) is 50.8 Å². The Morgan fingerprint density at radius 1 is 1.06 bits per heavy atom. The minimum atomic E-state index is -0.505. The van der Waals surface area contributed by atoms with Crippen LogP contribution in [0.25, 0.3) is 22.0 Å². The lowest BCUT2D eigenvalue weighted by Gasteiger charge is -2.40. The molecule has 0 spiro atoms. The van der Waals surface area contributed by atoms with Crippen LogP contribution in [-0.4, -0.2) is 64.8 Å². The summed E-state index contributed by atoms with van der Waals surface area (Å²) in [6.07, 6.45) is 8.12. The summed E-state index contributed by atoms with van der Waals surface area (Å²) in [5.41, 5.74) is 3.06. The molecule has 2 aromatic heterocycles. The molecule has 0 amide bonds. The Hall–Kier alpha value is -2.84. The van der Waals surface area contributed by atoms with Crippen LogP contribution in [0.4, 0.5) is 15.9 Å². The van der Waals surface area contributed by atoms with E-state index in [9.17, 15) is 4.39 Å². The van der Waals surface area contributed by atoms with Crippen molar-refractivity contribution < 1.29 is 9.13 Å². The second-order valence-corrected chi connectivity index (χ2v) is 9.09. The predicted molar refractivity (Wildman–Crippen MR) is 129 cm³/mol. The second-order valence-electron chi connectivity index (χ2n) is 9.09. The van der Waals surface area contributed by atoms with E-state index in [0.717, 1.165) is 60.4 Å². The minimum absolute atomic E-state index is 0.330. The van der Waals surface area contributed by atoms with Gasteiger partial charge >= 0.3 is 0 Å². The van der Waals surface area contributed by atoms with Crippen molar-refractivity contribution in [3.8, 4) is 11.1 Å². The molecule has 1 aromatic carbocycles. The second kappa shape index (κ2) is 9.57. The van der Waals surface area contributed by atoms with Crippen molar-refractivity contribution >= 4 is 22.4 Å². The first kappa shape index (κ1) is 22.0. The van der Waals surface area contributed by atoms with Gasteiger partial charge < -0.3 is 15.4 Å². The summed E-state index contributed by atoms with van der Waals surface area (Å²) < 4.78 is 19.5. The Kier molecular flexibility index (Phi) is 6.37. The molecule has 1 aliphatic carbocycles. The van der Waals surface area contributed by atoms with E-state index in [0.29, 0.717) is 23.9 Å². The zero-order valence-corrected chi connectivity index (χ0v) is 19.2. The highest BCUT2D eigenvalue weighted by molar-refractivity contribution is 5.92. The van der Waals surface area contributed by atoms with Gasteiger partial charge in [-0.05, 0) is 56.4 Å². The highest BCUT2D eigenvalue weighted by Crippen LogP contribution is 2.31. The Morgan fingerprint density at radius 2 is 1.91 bits per heavy atom. The molecule has 1 saturated heterocycles. The zero-order valence-electron chi connectivity index (χ0n) is 19.2. The molecular weight excluding hydrogens is 419 g/mol. The number of morpholine rings is 1. The average molecular weight is 451 g/mol. The van der Waals surface area contributed by atoms with E-state index in [4.69, 9.17) is 4.74 Å². The van der Waals surface area contributed by atoms with Crippen LogP contribution in [0.2, 0.25) is 0 Å². The number of hydrogen-bond acceptors (Lipinski definition) is 7. The summed E-state index contributed by atoms with van der Waals surface area (Å²) in [5, 5.41) is 7.50. The van der Waals surface area contributed by atoms with E-state index in [1.165, 1.54) is 12.8 Å². The van der Waals surface area contributed by atoms with Gasteiger partial charge in [0.1, 0.15) is 12.1 Å². The lowest BCUT2D eigenvalue weighted by molar-refractivity contribution is -0.0396. The Morgan fingerprint density at radius 3 is 2.70 bits per heavy atom. The summed E-state index contributed by atoms with van der Waals surface area (Å²) >= 11 is 0. The van der Waals surface area contributed by atoms with Gasteiger partial charge in [0, 0.05) is 49.4 Å². The molecule has 3 heterocycles. The largest absolute Gasteiger partial charge is 0.384 e. The summed E-state index contributed by atoms with van der Waals surface area (Å²) in [4.78, 5) is 15.5. The van der Waals surface area contributed by atoms with E-state index < -0.39 is 5.95 Å². The standard InChI is InChI=1S/C25H31FN6O/c1-16-14-32(9-10-33-16)20-6-4-19(5-7-20)31-25-21-11-17(3-8-22(21)29-15-30-25)18-12-23(27-2)24(26)28-13-18/h3,8,11-13,15-16,19-20,27H,4-7,9-10,14H2,1-2H3,(H,29,30,31)/t16-,19?,20?/m0/s1. The van der Waals surface area contributed by atoms with Crippen molar-refractivity contribution in [3.05, 3.63) is 42.7 Å². The van der Waals surface area contributed by atoms with Crippen molar-refractivity contribution in [1.82, 2.24) is 19.9 Å². The van der Waals surface area contributed by atoms with Gasteiger partial charge in [0.2, 0.25) is 5.95 Å². The molecule has 2 N–H and O–H groups in total. The van der Waals surface area contributed by atoms with Crippen LogP contribution in [0.3, 0.4) is 0 Å². The van der Waals surface area contributed by atoms with E-state index in [1.807, 2.05) is 12.1 Å². The highest BCUT2D eigenvalue weighted by atomic mass is 19.1. The van der Waals surface area contributed by atoms with E-state index in [-0.39, 0.29) is 0 Å². The summed E-state index contributed by atoms with van der Waals surface area (Å²) in [6.45, 7) is 5.08. The average Bonchev–Trinajstić information content (AvgIpc) is 2.85. The van der Waals surface area contributed by atoms with E-state index >= 15 is 0 Å². The van der Waals surface area contributed by atoms with E-state index in [2.05, 4.69) is 43.5 Å². The number of benzene rings is 1. The molecule has 0 unspecified atom stereocenters. The first-order chi connectivity index (χ1) is 16.1. The molecular formula is C25H31FN6O. The lowest BCUT2D eigenvalue weighted by Crippen LogP contribution is -2.48. The quantitative estimate of drug-likeness (QED) is 0.561. The Bertz CT molecular complexity index is 1120. The van der Waals surface area contributed by atoms with Gasteiger partial charge in [-0.2, -0.15) is 4.39 Å². The molecule has 1 atom stereocenters. The normalized spacial score (nSPS) is 24.0. The molecule has 3 aromatic rings. The SMILES string of the molecule is CNc1cc(-c2ccc3ncnc(NC4CCC(N5CCO[C@@H](C)C5)CC4)c3c2)cnc1F. The van der Waals surface area contributed by atoms with Gasteiger partial charge in [0.15, 0.2) is 0 Å². The Labute approximate surface area is 193 Å². The van der Waals surface area contributed by atoms with Crippen molar-refractivity contribution in [2.24, 2.45) is 0 Å². The molecule has 1 aliphatic heterocycles. The van der Waals surface area contributed by atoms with Gasteiger partial charge in [0.05, 0.1) is 23.9 Å². The van der Waals surface area contributed by atoms with Crippen LogP contribution in [0.15, 0.2) is 36.8 Å². The lowest BCUT2D eigenvalue weighted by atomic mass is 9.89. The predicted octanol–water partition coefficient (Wildman–Crippen LogP) is 4.32. The number of halogens is 1. The van der Waals surface area contributed by atoms with Crippen LogP contribution >= 0.6 is 0 Å². The molecule has 2 fully saturated rings. The van der Waals surface area contributed by atoms with Gasteiger partial charge in [-0.1, -0.05) is 6.07 Å². The smallest absolute Gasteiger partial charge is 0.236 e. The van der Waals surface area contributed by atoms with Crippen LogP contribution < -0.4 is 10.6 Å². The third-order valence-corrected chi connectivity index (χ3v) is 6.90. The number of aromatic nitrogens is 3. The topological polar surface area (TPSA) is 75.2 Å². The molecule has 5 rings (SSSR count).